The third kappa shape index (κ3) is 5.90. The Morgan fingerprint density at radius 3 is 2.69 bits per heavy atom. The number of hydrogen-bond donors (Lipinski definition) is 2. The van der Waals surface area contributed by atoms with Gasteiger partial charge in [0, 0.05) is 40.9 Å². The molecule has 8 rings (SSSR count). The molecule has 264 valence electrons. The molecule has 2 unspecified atom stereocenters. The molecule has 3 aromatic heterocycles. The lowest BCUT2D eigenvalue weighted by Gasteiger charge is -2.30. The number of thiophene rings is 1. The first-order chi connectivity index (χ1) is 24.5. The molecule has 3 aliphatic rings. The van der Waals surface area contributed by atoms with Gasteiger partial charge >= 0.3 is 6.01 Å². The second kappa shape index (κ2) is 13.7. The number of nitrogens with two attached hydrogens (primary N) is 2. The largest absolute Gasteiger partial charge is 0.489 e. The normalized spacial score (nSPS) is 17.4. The van der Waals surface area contributed by atoms with Crippen LogP contribution in [0.1, 0.15) is 43.4 Å². The highest BCUT2D eigenvalue weighted by Crippen LogP contribution is 2.51. The molecule has 0 bridgehead atoms. The summed E-state index contributed by atoms with van der Waals surface area (Å²) in [6.45, 7) is 3.96. The van der Waals surface area contributed by atoms with Gasteiger partial charge in [-0.05, 0) is 50.4 Å². The quantitative estimate of drug-likeness (QED) is 0.175. The summed E-state index contributed by atoms with van der Waals surface area (Å²) in [5, 5.41) is 10.2. The minimum Gasteiger partial charge on any atom is -0.489 e. The monoisotopic (exact) mass is 738 g/mol. The first-order valence-corrected chi connectivity index (χ1v) is 17.3. The lowest BCUT2D eigenvalue weighted by Crippen LogP contribution is -2.31. The predicted molar refractivity (Wildman–Crippen MR) is 189 cm³/mol. The van der Waals surface area contributed by atoms with E-state index in [1.54, 1.807) is 12.3 Å². The molecule has 0 aliphatic carbocycles. The van der Waals surface area contributed by atoms with Crippen molar-refractivity contribution >= 4 is 60.6 Å². The summed E-state index contributed by atoms with van der Waals surface area (Å²) in [6.07, 6.45) is 3.06. The highest BCUT2D eigenvalue weighted by molar-refractivity contribution is 7.23. The first kappa shape index (κ1) is 34.5. The lowest BCUT2D eigenvalue weighted by molar-refractivity contribution is 0.326. The molecule has 2 aromatic carbocycles. The molecule has 0 saturated carbocycles. The second-order valence-electron chi connectivity index (χ2n) is 12.4. The van der Waals surface area contributed by atoms with Crippen molar-refractivity contribution in [2.45, 2.75) is 38.3 Å². The Labute approximate surface area is 298 Å². The number of benzene rings is 2. The third-order valence-electron chi connectivity index (χ3n) is 9.61. The molecule has 0 amide bonds. The maximum absolute atomic E-state index is 16.6. The first-order valence-electron chi connectivity index (χ1n) is 16.1. The van der Waals surface area contributed by atoms with E-state index in [0.717, 1.165) is 29.9 Å². The van der Waals surface area contributed by atoms with Crippen LogP contribution in [0.2, 0.25) is 5.02 Å². The minimum atomic E-state index is -1.44. The molecule has 3 aliphatic heterocycles. The number of nitriles is 1. The van der Waals surface area contributed by atoms with Crippen LogP contribution in [0.4, 0.5) is 34.2 Å². The Kier molecular flexibility index (Phi) is 9.25. The predicted octanol–water partition coefficient (Wildman–Crippen LogP) is 7.85. The average molecular weight is 739 g/mol. The van der Waals surface area contributed by atoms with E-state index < -0.39 is 17.7 Å². The second-order valence-corrected chi connectivity index (χ2v) is 13.8. The zero-order valence-electron chi connectivity index (χ0n) is 27.4. The van der Waals surface area contributed by atoms with Crippen LogP contribution in [-0.2, 0) is 0 Å². The number of rotatable bonds is 4. The van der Waals surface area contributed by atoms with Crippen molar-refractivity contribution in [2.75, 3.05) is 49.7 Å². The van der Waals surface area contributed by atoms with Gasteiger partial charge in [0.05, 0.1) is 40.4 Å². The number of halogens is 5. The molecule has 2 atom stereocenters. The molecule has 4 N–H and O–H groups in total. The van der Waals surface area contributed by atoms with Gasteiger partial charge in [0.15, 0.2) is 11.6 Å². The molecule has 0 radical (unpaired) electrons. The zero-order valence-corrected chi connectivity index (χ0v) is 29.0. The number of nitrogens with zero attached hydrogens (tertiary/aromatic N) is 6. The Bertz CT molecular complexity index is 2260. The van der Waals surface area contributed by atoms with Gasteiger partial charge < -0.3 is 25.8 Å². The highest BCUT2D eigenvalue weighted by atomic mass is 35.5. The van der Waals surface area contributed by atoms with E-state index in [1.807, 2.05) is 24.0 Å². The average Bonchev–Trinajstić information content (AvgIpc) is 3.79. The Morgan fingerprint density at radius 2 is 1.98 bits per heavy atom. The molecule has 2 saturated heterocycles. The van der Waals surface area contributed by atoms with E-state index in [2.05, 4.69) is 19.9 Å². The fourth-order valence-electron chi connectivity index (χ4n) is 7.16. The molecule has 6 heterocycles. The van der Waals surface area contributed by atoms with Crippen LogP contribution in [0.3, 0.4) is 0 Å². The van der Waals surface area contributed by atoms with Crippen LogP contribution in [0.25, 0.3) is 32.1 Å². The van der Waals surface area contributed by atoms with Gasteiger partial charge in [-0.3, -0.25) is 4.90 Å². The van der Waals surface area contributed by atoms with E-state index in [4.69, 9.17) is 32.5 Å². The van der Waals surface area contributed by atoms with Gasteiger partial charge in [0.1, 0.15) is 40.6 Å². The topological polar surface area (TPSA) is 139 Å². The lowest BCUT2D eigenvalue weighted by atomic mass is 9.96. The molecule has 10 nitrogen and oxygen atoms in total. The third-order valence-corrected chi connectivity index (χ3v) is 11.0. The van der Waals surface area contributed by atoms with Gasteiger partial charge in [-0.2, -0.15) is 24.0 Å². The van der Waals surface area contributed by atoms with E-state index >= 15 is 4.39 Å². The van der Waals surface area contributed by atoms with Crippen molar-refractivity contribution in [3.63, 3.8) is 0 Å². The number of ether oxygens (including phenoxy) is 2. The minimum absolute atomic E-state index is 0.0341. The van der Waals surface area contributed by atoms with E-state index in [9.17, 15) is 18.4 Å². The Hall–Kier alpha value is -4.91. The maximum Gasteiger partial charge on any atom is 0.318 e. The molecule has 2 fully saturated rings. The molecular formula is C35H31ClF4N8O2S. The fraction of sp³-hybridized carbons (Fsp3) is 0.314. The van der Waals surface area contributed by atoms with Crippen LogP contribution < -0.4 is 25.8 Å². The van der Waals surface area contributed by atoms with Gasteiger partial charge in [-0.15, -0.1) is 11.3 Å². The Morgan fingerprint density at radius 1 is 1.18 bits per heavy atom. The summed E-state index contributed by atoms with van der Waals surface area (Å²) in [7, 11) is 1.38. The van der Waals surface area contributed by atoms with Crippen molar-refractivity contribution in [2.24, 2.45) is 0 Å². The van der Waals surface area contributed by atoms with Gasteiger partial charge in [0.2, 0.25) is 0 Å². The summed E-state index contributed by atoms with van der Waals surface area (Å²) in [4.78, 5) is 17.1. The summed E-state index contributed by atoms with van der Waals surface area (Å²) in [5.74, 6) is -0.570. The van der Waals surface area contributed by atoms with Crippen molar-refractivity contribution in [3.8, 4) is 29.0 Å². The van der Waals surface area contributed by atoms with Crippen molar-refractivity contribution in [3.05, 3.63) is 69.9 Å². The molecule has 16 heteroatoms. The van der Waals surface area contributed by atoms with Crippen molar-refractivity contribution < 1.29 is 27.0 Å². The highest BCUT2D eigenvalue weighted by Gasteiger charge is 2.35. The van der Waals surface area contributed by atoms with Crippen LogP contribution in [0.5, 0.6) is 11.8 Å². The number of methoxy groups -OCH3 is 1. The van der Waals surface area contributed by atoms with Gasteiger partial charge in [-0.1, -0.05) is 23.7 Å². The van der Waals surface area contributed by atoms with Gasteiger partial charge in [-0.25, -0.2) is 13.8 Å². The molecule has 51 heavy (non-hydrogen) atoms. The standard InChI is InChI=1S/C27H20ClF2N7O2S.C8H11F2N/c1-11(12-4-3-7-34-24(12)32)37-8-9-39-22-18-21(35-27(38-2)36-26(18)37)20(30)17(19(22)28)13-5-6-15(29)23-16(13)14(10-31)25(33)40-23;9-8(10)6-4-7-2-1-3-11(7)5-6/h3-7,11H,8-9,33H2,1-2H3,(H2,32,34);7H,1-5H2. The number of anilines is 3. The molecular weight excluding hydrogens is 708 g/mol. The maximum atomic E-state index is 16.6. The summed E-state index contributed by atoms with van der Waals surface area (Å²) in [6, 6.07) is 8.19. The van der Waals surface area contributed by atoms with Crippen molar-refractivity contribution in [1.82, 2.24) is 19.9 Å². The Balaban J connectivity index is 0.000000313. The van der Waals surface area contributed by atoms with E-state index in [0.29, 0.717) is 42.8 Å². The van der Waals surface area contributed by atoms with Crippen molar-refractivity contribution in [1.29, 1.82) is 5.26 Å². The molecule has 5 aromatic rings. The zero-order chi connectivity index (χ0) is 36.1. The van der Waals surface area contributed by atoms with Crippen LogP contribution in [-0.4, -0.2) is 59.2 Å². The number of fused-ring (bicyclic) bond motifs is 2. The fourth-order valence-corrected chi connectivity index (χ4v) is 8.44. The smallest absolute Gasteiger partial charge is 0.318 e. The summed E-state index contributed by atoms with van der Waals surface area (Å²) < 4.78 is 67.2. The number of pyridine rings is 1. The number of aromatic nitrogens is 3. The van der Waals surface area contributed by atoms with Crippen LogP contribution in [0, 0.1) is 23.0 Å². The summed E-state index contributed by atoms with van der Waals surface area (Å²) in [5.41, 5.74) is 13.3. The van der Waals surface area contributed by atoms with Gasteiger partial charge in [0.25, 0.3) is 6.08 Å². The SMILES string of the molecule is COc1nc2c3c(c(Cl)c(-c4ccc(F)c5sc(N)c(C#N)c45)c(F)c3n1)OCCN2C(C)c1cccnc1N.FC(F)=C1CC2CCCN2C1. The van der Waals surface area contributed by atoms with E-state index in [1.165, 1.54) is 25.7 Å². The number of nitrogen functional groups attached to an aromatic ring is 2. The van der Waals surface area contributed by atoms with E-state index in [-0.39, 0.29) is 72.1 Å². The summed E-state index contributed by atoms with van der Waals surface area (Å²) >= 11 is 7.79. The molecule has 0 spiro atoms. The van der Waals surface area contributed by atoms with Crippen LogP contribution in [0.15, 0.2) is 42.1 Å². The number of hydrogen-bond acceptors (Lipinski definition) is 11. The van der Waals surface area contributed by atoms with Crippen LogP contribution >= 0.6 is 22.9 Å².